The zero-order chi connectivity index (χ0) is 21.0. The molecule has 0 atom stereocenters. The van der Waals surface area contributed by atoms with E-state index in [0.717, 1.165) is 25.7 Å². The van der Waals surface area contributed by atoms with Gasteiger partial charge in [-0.3, -0.25) is 9.59 Å². The predicted molar refractivity (Wildman–Crippen MR) is 119 cm³/mol. The molecular formula is C24H29ClN2O2. The highest BCUT2D eigenvalue weighted by Crippen LogP contribution is 2.24. The Morgan fingerprint density at radius 1 is 0.931 bits per heavy atom. The van der Waals surface area contributed by atoms with Crippen molar-refractivity contribution in [2.75, 3.05) is 5.32 Å². The van der Waals surface area contributed by atoms with E-state index in [1.807, 2.05) is 24.3 Å². The quantitative estimate of drug-likeness (QED) is 0.651. The Balaban J connectivity index is 1.70. The molecule has 0 radical (unpaired) electrons. The van der Waals surface area contributed by atoms with Gasteiger partial charge in [-0.05, 0) is 54.2 Å². The smallest absolute Gasteiger partial charge is 0.255 e. The highest BCUT2D eigenvalue weighted by atomic mass is 35.5. The fraction of sp³-hybridized carbons (Fsp3) is 0.417. The minimum absolute atomic E-state index is 0.0335. The first kappa shape index (κ1) is 21.4. The molecule has 5 heteroatoms. The Morgan fingerprint density at radius 2 is 1.59 bits per heavy atom. The van der Waals surface area contributed by atoms with E-state index in [2.05, 4.69) is 31.4 Å². The van der Waals surface area contributed by atoms with Gasteiger partial charge in [0.25, 0.3) is 11.8 Å². The van der Waals surface area contributed by atoms with Crippen LogP contribution in [0.1, 0.15) is 79.2 Å². The van der Waals surface area contributed by atoms with Crippen molar-refractivity contribution in [3.05, 3.63) is 64.2 Å². The second kappa shape index (κ2) is 9.00. The summed E-state index contributed by atoms with van der Waals surface area (Å²) in [7, 11) is 0. The number of nitrogens with one attached hydrogen (secondary N) is 2. The zero-order valence-corrected chi connectivity index (χ0v) is 18.1. The number of hydrogen-bond acceptors (Lipinski definition) is 2. The first-order chi connectivity index (χ1) is 13.7. The number of hydrogen-bond donors (Lipinski definition) is 2. The summed E-state index contributed by atoms with van der Waals surface area (Å²) >= 11 is 6.25. The number of anilines is 1. The molecule has 2 amide bonds. The first-order valence-corrected chi connectivity index (χ1v) is 10.6. The molecule has 0 aromatic heterocycles. The minimum Gasteiger partial charge on any atom is -0.349 e. The van der Waals surface area contributed by atoms with Crippen LogP contribution in [-0.2, 0) is 5.41 Å². The lowest BCUT2D eigenvalue weighted by Gasteiger charge is -2.23. The van der Waals surface area contributed by atoms with Crippen molar-refractivity contribution >= 4 is 29.1 Å². The van der Waals surface area contributed by atoms with Crippen LogP contribution < -0.4 is 10.6 Å². The summed E-state index contributed by atoms with van der Waals surface area (Å²) in [4.78, 5) is 25.3. The molecule has 1 aliphatic carbocycles. The summed E-state index contributed by atoms with van der Waals surface area (Å²) in [5.74, 6) is -0.404. The monoisotopic (exact) mass is 412 g/mol. The molecule has 0 heterocycles. The Hall–Kier alpha value is -2.33. The molecule has 1 saturated carbocycles. The van der Waals surface area contributed by atoms with Crippen LogP contribution in [0, 0.1) is 0 Å². The summed E-state index contributed by atoms with van der Waals surface area (Å²) < 4.78 is 0. The van der Waals surface area contributed by atoms with Crippen LogP contribution in [0.3, 0.4) is 0 Å². The SMILES string of the molecule is CC(C)(C)c1ccc(C(=O)Nc2ccc(Cl)c(C(=O)NC3CCCCC3)c2)cc1. The summed E-state index contributed by atoms with van der Waals surface area (Å²) in [5.41, 5.74) is 2.71. The van der Waals surface area contributed by atoms with E-state index in [1.54, 1.807) is 18.2 Å². The van der Waals surface area contributed by atoms with Crippen LogP contribution in [0.15, 0.2) is 42.5 Å². The number of amides is 2. The summed E-state index contributed by atoms with van der Waals surface area (Å²) in [6, 6.07) is 12.8. The molecule has 0 spiro atoms. The van der Waals surface area contributed by atoms with Crippen LogP contribution in [0.4, 0.5) is 5.69 Å². The van der Waals surface area contributed by atoms with E-state index in [4.69, 9.17) is 11.6 Å². The molecule has 0 saturated heterocycles. The van der Waals surface area contributed by atoms with Gasteiger partial charge < -0.3 is 10.6 Å². The highest BCUT2D eigenvalue weighted by molar-refractivity contribution is 6.34. The Morgan fingerprint density at radius 3 is 2.21 bits per heavy atom. The third-order valence-corrected chi connectivity index (χ3v) is 5.75. The lowest BCUT2D eigenvalue weighted by molar-refractivity contribution is 0.0926. The maximum atomic E-state index is 12.7. The minimum atomic E-state index is -0.216. The van der Waals surface area contributed by atoms with E-state index in [0.29, 0.717) is 21.8 Å². The Kier molecular flexibility index (Phi) is 6.63. The average molecular weight is 413 g/mol. The number of rotatable bonds is 4. The second-order valence-electron chi connectivity index (χ2n) is 8.78. The molecule has 2 N–H and O–H groups in total. The number of benzene rings is 2. The normalized spacial score (nSPS) is 15.0. The van der Waals surface area contributed by atoms with Gasteiger partial charge in [-0.25, -0.2) is 0 Å². The topological polar surface area (TPSA) is 58.2 Å². The number of carbonyl (C=O) groups excluding carboxylic acids is 2. The molecule has 1 aliphatic rings. The van der Waals surface area contributed by atoms with Crippen molar-refractivity contribution in [1.29, 1.82) is 0 Å². The van der Waals surface area contributed by atoms with Gasteiger partial charge in [0.05, 0.1) is 10.6 Å². The summed E-state index contributed by atoms with van der Waals surface area (Å²) in [6.45, 7) is 6.40. The van der Waals surface area contributed by atoms with E-state index < -0.39 is 0 Å². The van der Waals surface area contributed by atoms with Crippen LogP contribution in [0.25, 0.3) is 0 Å². The second-order valence-corrected chi connectivity index (χ2v) is 9.19. The van der Waals surface area contributed by atoms with Crippen molar-refractivity contribution in [3.63, 3.8) is 0 Å². The van der Waals surface area contributed by atoms with E-state index >= 15 is 0 Å². The molecule has 0 unspecified atom stereocenters. The fourth-order valence-electron chi connectivity index (χ4n) is 3.61. The van der Waals surface area contributed by atoms with Crippen LogP contribution >= 0.6 is 11.6 Å². The van der Waals surface area contributed by atoms with Crippen molar-refractivity contribution in [2.24, 2.45) is 0 Å². The predicted octanol–water partition coefficient (Wildman–Crippen LogP) is 5.95. The van der Waals surface area contributed by atoms with Crippen LogP contribution in [-0.4, -0.2) is 17.9 Å². The van der Waals surface area contributed by atoms with Crippen molar-refractivity contribution in [3.8, 4) is 0 Å². The molecule has 154 valence electrons. The molecule has 0 bridgehead atoms. The summed E-state index contributed by atoms with van der Waals surface area (Å²) in [6.07, 6.45) is 5.52. The lowest BCUT2D eigenvalue weighted by Crippen LogP contribution is -2.36. The van der Waals surface area contributed by atoms with Gasteiger partial charge in [-0.2, -0.15) is 0 Å². The largest absolute Gasteiger partial charge is 0.349 e. The lowest BCUT2D eigenvalue weighted by atomic mass is 9.87. The van der Waals surface area contributed by atoms with E-state index in [-0.39, 0.29) is 23.3 Å². The molecule has 1 fully saturated rings. The molecule has 2 aromatic carbocycles. The Bertz CT molecular complexity index is 879. The summed E-state index contributed by atoms with van der Waals surface area (Å²) in [5, 5.41) is 6.32. The van der Waals surface area contributed by atoms with Gasteiger partial charge >= 0.3 is 0 Å². The third kappa shape index (κ3) is 5.60. The molecule has 2 aromatic rings. The standard InChI is InChI=1S/C24H29ClN2O2/c1-24(2,3)17-11-9-16(10-12-17)22(28)27-19-13-14-21(25)20(15-19)23(29)26-18-7-5-4-6-8-18/h9-15,18H,4-8H2,1-3H3,(H,26,29)(H,27,28). The van der Waals surface area contributed by atoms with Crippen LogP contribution in [0.5, 0.6) is 0 Å². The maximum Gasteiger partial charge on any atom is 0.255 e. The average Bonchev–Trinajstić information content (AvgIpc) is 2.69. The van der Waals surface area contributed by atoms with Gasteiger partial charge in [-0.1, -0.05) is 63.8 Å². The van der Waals surface area contributed by atoms with E-state index in [1.165, 1.54) is 12.0 Å². The Labute approximate surface area is 178 Å². The first-order valence-electron chi connectivity index (χ1n) is 10.3. The van der Waals surface area contributed by atoms with Gasteiger partial charge in [0.1, 0.15) is 0 Å². The maximum absolute atomic E-state index is 12.7. The molecule has 0 aliphatic heterocycles. The number of halogens is 1. The van der Waals surface area contributed by atoms with Gasteiger partial charge in [0, 0.05) is 17.3 Å². The van der Waals surface area contributed by atoms with Gasteiger partial charge in [0.2, 0.25) is 0 Å². The highest BCUT2D eigenvalue weighted by Gasteiger charge is 2.19. The van der Waals surface area contributed by atoms with Gasteiger partial charge in [-0.15, -0.1) is 0 Å². The molecule has 3 rings (SSSR count). The zero-order valence-electron chi connectivity index (χ0n) is 17.3. The van der Waals surface area contributed by atoms with Crippen LogP contribution in [0.2, 0.25) is 5.02 Å². The van der Waals surface area contributed by atoms with Gasteiger partial charge in [0.15, 0.2) is 0 Å². The van der Waals surface area contributed by atoms with E-state index in [9.17, 15) is 9.59 Å². The molecule has 29 heavy (non-hydrogen) atoms. The molecular weight excluding hydrogens is 384 g/mol. The van der Waals surface area contributed by atoms with Crippen molar-refractivity contribution in [2.45, 2.75) is 64.3 Å². The fourth-order valence-corrected chi connectivity index (χ4v) is 3.82. The van der Waals surface area contributed by atoms with Crippen molar-refractivity contribution < 1.29 is 9.59 Å². The molecule has 4 nitrogen and oxygen atoms in total. The number of carbonyl (C=O) groups is 2. The van der Waals surface area contributed by atoms with Crippen molar-refractivity contribution in [1.82, 2.24) is 5.32 Å². The third-order valence-electron chi connectivity index (χ3n) is 5.42.